The average molecular weight is 403 g/mol. The van der Waals surface area contributed by atoms with Gasteiger partial charge in [-0.1, -0.05) is 11.6 Å². The first-order chi connectivity index (χ1) is 13.5. The summed E-state index contributed by atoms with van der Waals surface area (Å²) in [6.45, 7) is 1.26. The highest BCUT2D eigenvalue weighted by Gasteiger charge is 2.36. The Hall–Kier alpha value is -2.93. The van der Waals surface area contributed by atoms with Gasteiger partial charge in [-0.2, -0.15) is 0 Å². The lowest BCUT2D eigenvalue weighted by atomic mass is 10.1. The van der Waals surface area contributed by atoms with Crippen molar-refractivity contribution in [2.24, 2.45) is 5.92 Å². The number of nitrogens with one attached hydrogen (secondary N) is 1. The third-order valence-corrected chi connectivity index (χ3v) is 4.99. The maximum atomic E-state index is 12.7. The number of benzene rings is 2. The zero-order valence-corrected chi connectivity index (χ0v) is 16.0. The summed E-state index contributed by atoms with van der Waals surface area (Å²) in [7, 11) is 1.52. The first kappa shape index (κ1) is 18.4. The minimum absolute atomic E-state index is 0.116. The minimum atomic E-state index is -0.482. The number of amides is 2. The first-order valence-electron chi connectivity index (χ1n) is 8.89. The molecule has 2 aliphatic rings. The van der Waals surface area contributed by atoms with Gasteiger partial charge < -0.3 is 24.4 Å². The molecular formula is C20H19ClN2O5. The molecule has 1 unspecified atom stereocenters. The molecule has 0 spiro atoms. The number of fused-ring (bicyclic) bond motifs is 1. The molecule has 0 aliphatic carbocycles. The highest BCUT2D eigenvalue weighted by atomic mass is 35.5. The molecule has 1 atom stereocenters. The quantitative estimate of drug-likeness (QED) is 0.850. The van der Waals surface area contributed by atoms with Gasteiger partial charge in [0.2, 0.25) is 11.8 Å². The Morgan fingerprint density at radius 3 is 2.75 bits per heavy atom. The van der Waals surface area contributed by atoms with E-state index in [0.29, 0.717) is 46.9 Å². The van der Waals surface area contributed by atoms with Gasteiger partial charge in [0.25, 0.3) is 0 Å². The van der Waals surface area contributed by atoms with Crippen molar-refractivity contribution < 1.29 is 23.8 Å². The summed E-state index contributed by atoms with van der Waals surface area (Å²) in [5, 5.41) is 3.30. The molecule has 2 aromatic carbocycles. The van der Waals surface area contributed by atoms with E-state index in [1.54, 1.807) is 41.3 Å². The highest BCUT2D eigenvalue weighted by Crippen LogP contribution is 2.36. The van der Waals surface area contributed by atoms with Crippen LogP contribution in [0.2, 0.25) is 5.02 Å². The van der Waals surface area contributed by atoms with Crippen LogP contribution in [0.5, 0.6) is 17.2 Å². The van der Waals surface area contributed by atoms with E-state index in [0.717, 1.165) is 0 Å². The molecule has 8 heteroatoms. The van der Waals surface area contributed by atoms with Crippen molar-refractivity contribution in [3.05, 3.63) is 41.4 Å². The smallest absolute Gasteiger partial charge is 0.229 e. The van der Waals surface area contributed by atoms with E-state index < -0.39 is 5.92 Å². The molecule has 28 heavy (non-hydrogen) atoms. The molecule has 2 heterocycles. The minimum Gasteiger partial charge on any atom is -0.495 e. The summed E-state index contributed by atoms with van der Waals surface area (Å²) in [5.74, 6) is 0.913. The predicted octanol–water partition coefficient (Wildman–Crippen LogP) is 3.11. The van der Waals surface area contributed by atoms with E-state index in [1.807, 2.05) is 0 Å². The molecule has 0 saturated carbocycles. The van der Waals surface area contributed by atoms with Crippen LogP contribution in [-0.4, -0.2) is 38.7 Å². The molecule has 0 bridgehead atoms. The zero-order valence-electron chi connectivity index (χ0n) is 15.2. The fraction of sp³-hybridized carbons (Fsp3) is 0.300. The maximum Gasteiger partial charge on any atom is 0.229 e. The number of hydrogen-bond acceptors (Lipinski definition) is 5. The summed E-state index contributed by atoms with van der Waals surface area (Å²) >= 11 is 6.01. The normalized spacial score (nSPS) is 18.1. The summed E-state index contributed by atoms with van der Waals surface area (Å²) < 4.78 is 16.3. The molecule has 1 saturated heterocycles. The number of rotatable bonds is 4. The fourth-order valence-electron chi connectivity index (χ4n) is 3.35. The zero-order chi connectivity index (χ0) is 19.7. The summed E-state index contributed by atoms with van der Waals surface area (Å²) in [6.07, 6.45) is 0.128. The van der Waals surface area contributed by atoms with E-state index in [9.17, 15) is 9.59 Å². The average Bonchev–Trinajstić information content (AvgIpc) is 3.09. The van der Waals surface area contributed by atoms with Crippen LogP contribution in [0, 0.1) is 5.92 Å². The van der Waals surface area contributed by atoms with Gasteiger partial charge >= 0.3 is 0 Å². The molecule has 4 rings (SSSR count). The Labute approximate surface area is 167 Å². The first-order valence-corrected chi connectivity index (χ1v) is 9.27. The number of hydrogen-bond donors (Lipinski definition) is 1. The van der Waals surface area contributed by atoms with Crippen molar-refractivity contribution in [1.29, 1.82) is 0 Å². The van der Waals surface area contributed by atoms with Crippen LogP contribution in [0.25, 0.3) is 0 Å². The second kappa shape index (κ2) is 7.59. The number of halogens is 1. The maximum absolute atomic E-state index is 12.7. The van der Waals surface area contributed by atoms with Gasteiger partial charge in [0.15, 0.2) is 11.5 Å². The van der Waals surface area contributed by atoms with Crippen LogP contribution in [-0.2, 0) is 9.59 Å². The van der Waals surface area contributed by atoms with E-state index in [-0.39, 0.29) is 24.8 Å². The van der Waals surface area contributed by atoms with E-state index in [2.05, 4.69) is 5.32 Å². The SMILES string of the molecule is COc1ccc(Cl)cc1NC(=O)C1CC(=O)N(c2ccc3c(c2)OCCO3)C1. The third kappa shape index (κ3) is 3.57. The number of carbonyl (C=O) groups excluding carboxylic acids is 2. The van der Waals surface area contributed by atoms with E-state index >= 15 is 0 Å². The van der Waals surface area contributed by atoms with Crippen LogP contribution in [0.1, 0.15) is 6.42 Å². The molecular weight excluding hydrogens is 384 g/mol. The fourth-order valence-corrected chi connectivity index (χ4v) is 3.52. The van der Waals surface area contributed by atoms with Crippen molar-refractivity contribution in [2.75, 3.05) is 37.1 Å². The molecule has 2 amide bonds. The summed E-state index contributed by atoms with van der Waals surface area (Å²) in [5.41, 5.74) is 1.16. The standard InChI is InChI=1S/C20H19ClN2O5/c1-26-16-4-2-13(21)9-15(16)22-20(25)12-8-19(24)23(11-12)14-3-5-17-18(10-14)28-7-6-27-17/h2-5,9-10,12H,6-8,11H2,1H3,(H,22,25). The second-order valence-electron chi connectivity index (χ2n) is 6.57. The monoisotopic (exact) mass is 402 g/mol. The van der Waals surface area contributed by atoms with Crippen LogP contribution >= 0.6 is 11.6 Å². The lowest BCUT2D eigenvalue weighted by Gasteiger charge is -2.22. The Kier molecular flexibility index (Phi) is 5.00. The Morgan fingerprint density at radius 2 is 1.96 bits per heavy atom. The Morgan fingerprint density at radius 1 is 1.18 bits per heavy atom. The van der Waals surface area contributed by atoms with Gasteiger partial charge in [-0.15, -0.1) is 0 Å². The van der Waals surface area contributed by atoms with Crippen molar-refractivity contribution >= 4 is 34.8 Å². The lowest BCUT2D eigenvalue weighted by Crippen LogP contribution is -2.28. The third-order valence-electron chi connectivity index (χ3n) is 4.75. The van der Waals surface area contributed by atoms with Crippen molar-refractivity contribution in [2.45, 2.75) is 6.42 Å². The van der Waals surface area contributed by atoms with Crippen molar-refractivity contribution in [3.63, 3.8) is 0 Å². The van der Waals surface area contributed by atoms with Crippen LogP contribution in [0.3, 0.4) is 0 Å². The van der Waals surface area contributed by atoms with Crippen LogP contribution in [0.4, 0.5) is 11.4 Å². The number of anilines is 2. The molecule has 0 aromatic heterocycles. The van der Waals surface area contributed by atoms with E-state index in [4.69, 9.17) is 25.8 Å². The lowest BCUT2D eigenvalue weighted by molar-refractivity contribution is -0.122. The van der Waals surface area contributed by atoms with Crippen molar-refractivity contribution in [3.8, 4) is 17.2 Å². The Bertz CT molecular complexity index is 933. The van der Waals surface area contributed by atoms with Gasteiger partial charge in [-0.3, -0.25) is 9.59 Å². The molecule has 146 valence electrons. The molecule has 2 aromatic rings. The molecule has 1 fully saturated rings. The van der Waals surface area contributed by atoms with Crippen LogP contribution in [0.15, 0.2) is 36.4 Å². The summed E-state index contributed by atoms with van der Waals surface area (Å²) in [4.78, 5) is 26.8. The van der Waals surface area contributed by atoms with Gasteiger partial charge in [-0.25, -0.2) is 0 Å². The molecule has 0 radical (unpaired) electrons. The number of nitrogens with zero attached hydrogens (tertiary/aromatic N) is 1. The molecule has 7 nitrogen and oxygen atoms in total. The molecule has 1 N–H and O–H groups in total. The van der Waals surface area contributed by atoms with Gasteiger partial charge in [0.05, 0.1) is 18.7 Å². The highest BCUT2D eigenvalue weighted by molar-refractivity contribution is 6.31. The Balaban J connectivity index is 1.49. The molecule has 2 aliphatic heterocycles. The second-order valence-corrected chi connectivity index (χ2v) is 7.00. The summed E-state index contributed by atoms with van der Waals surface area (Å²) in [6, 6.07) is 10.3. The van der Waals surface area contributed by atoms with Gasteiger partial charge in [0.1, 0.15) is 19.0 Å². The largest absolute Gasteiger partial charge is 0.495 e. The van der Waals surface area contributed by atoms with Crippen LogP contribution < -0.4 is 24.4 Å². The predicted molar refractivity (Wildman–Crippen MR) is 105 cm³/mol. The topological polar surface area (TPSA) is 77.1 Å². The number of ether oxygens (including phenoxy) is 3. The van der Waals surface area contributed by atoms with E-state index in [1.165, 1.54) is 7.11 Å². The van der Waals surface area contributed by atoms with Crippen molar-refractivity contribution in [1.82, 2.24) is 0 Å². The number of methoxy groups -OCH3 is 1. The van der Waals surface area contributed by atoms with Gasteiger partial charge in [0, 0.05) is 29.7 Å². The number of carbonyl (C=O) groups is 2. The van der Waals surface area contributed by atoms with Gasteiger partial charge in [-0.05, 0) is 30.3 Å².